The molecule has 1 atom stereocenters. The van der Waals surface area contributed by atoms with Crippen LogP contribution < -0.4 is 10.1 Å². The van der Waals surface area contributed by atoms with Gasteiger partial charge in [0.15, 0.2) is 6.10 Å². The highest BCUT2D eigenvalue weighted by Gasteiger charge is 2.32. The molecule has 1 saturated heterocycles. The molecule has 0 saturated carbocycles. The zero-order valence-electron chi connectivity index (χ0n) is 16.8. The van der Waals surface area contributed by atoms with Crippen molar-refractivity contribution in [3.05, 3.63) is 53.6 Å². The quantitative estimate of drug-likeness (QED) is 0.804. The fraction of sp³-hybridized carbons (Fsp3) is 0.333. The third-order valence-electron chi connectivity index (χ3n) is 5.34. The maximum absolute atomic E-state index is 13.1. The van der Waals surface area contributed by atoms with E-state index < -0.39 is 16.1 Å². The third-order valence-corrected chi connectivity index (χ3v) is 7.24. The highest BCUT2D eigenvalue weighted by molar-refractivity contribution is 7.89. The van der Waals surface area contributed by atoms with Crippen molar-refractivity contribution in [1.29, 1.82) is 0 Å². The number of carbonyl (C=O) groups excluding carboxylic acids is 2. The van der Waals surface area contributed by atoms with Crippen molar-refractivity contribution in [3.63, 3.8) is 0 Å². The molecule has 0 radical (unpaired) electrons. The molecule has 0 aliphatic carbocycles. The Labute approximate surface area is 175 Å². The zero-order valence-corrected chi connectivity index (χ0v) is 17.6. The average Bonchev–Trinajstić information content (AvgIpc) is 2.74. The van der Waals surface area contributed by atoms with Crippen molar-refractivity contribution >= 4 is 27.5 Å². The number of sulfonamides is 1. The molecule has 4 rings (SSSR count). The van der Waals surface area contributed by atoms with Crippen molar-refractivity contribution in [2.45, 2.75) is 24.8 Å². The number of hydrogen-bond donors (Lipinski definition) is 1. The van der Waals surface area contributed by atoms with Gasteiger partial charge >= 0.3 is 0 Å². The molecule has 30 heavy (non-hydrogen) atoms. The Morgan fingerprint density at radius 2 is 1.73 bits per heavy atom. The van der Waals surface area contributed by atoms with E-state index in [1.165, 1.54) is 16.4 Å². The summed E-state index contributed by atoms with van der Waals surface area (Å²) in [5, 5.41) is 2.67. The van der Waals surface area contributed by atoms with E-state index in [1.54, 1.807) is 30.0 Å². The summed E-state index contributed by atoms with van der Waals surface area (Å²) >= 11 is 0. The topological polar surface area (TPSA) is 96.0 Å². The van der Waals surface area contributed by atoms with Crippen LogP contribution in [0.5, 0.6) is 5.75 Å². The van der Waals surface area contributed by atoms with Gasteiger partial charge in [0.2, 0.25) is 10.0 Å². The van der Waals surface area contributed by atoms with Gasteiger partial charge in [-0.15, -0.1) is 0 Å². The van der Waals surface area contributed by atoms with Crippen LogP contribution >= 0.6 is 0 Å². The molecule has 158 valence electrons. The molecule has 2 aliphatic heterocycles. The number of piperazine rings is 1. The molecule has 1 N–H and O–H groups in total. The van der Waals surface area contributed by atoms with E-state index in [9.17, 15) is 18.0 Å². The predicted molar refractivity (Wildman–Crippen MR) is 111 cm³/mol. The Hall–Kier alpha value is -2.91. The number of rotatable bonds is 3. The molecule has 2 heterocycles. The van der Waals surface area contributed by atoms with E-state index in [4.69, 9.17) is 4.74 Å². The number of anilines is 1. The Balaban J connectivity index is 1.46. The lowest BCUT2D eigenvalue weighted by atomic mass is 10.1. The van der Waals surface area contributed by atoms with E-state index in [-0.39, 0.29) is 29.8 Å². The second-order valence-corrected chi connectivity index (χ2v) is 9.41. The van der Waals surface area contributed by atoms with Gasteiger partial charge in [-0.3, -0.25) is 9.59 Å². The molecule has 2 aromatic carbocycles. The zero-order chi connectivity index (χ0) is 21.5. The van der Waals surface area contributed by atoms with Gasteiger partial charge in [0.05, 0.1) is 10.6 Å². The Morgan fingerprint density at radius 3 is 2.40 bits per heavy atom. The lowest BCUT2D eigenvalue weighted by molar-refractivity contribution is -0.122. The summed E-state index contributed by atoms with van der Waals surface area (Å²) in [5.74, 6) is 0.0182. The third kappa shape index (κ3) is 3.78. The minimum atomic E-state index is -3.76. The van der Waals surface area contributed by atoms with Gasteiger partial charge in [0.25, 0.3) is 11.8 Å². The Bertz CT molecular complexity index is 1090. The first-order valence-electron chi connectivity index (χ1n) is 9.73. The van der Waals surface area contributed by atoms with Gasteiger partial charge in [-0.2, -0.15) is 4.31 Å². The van der Waals surface area contributed by atoms with Crippen LogP contribution in [-0.2, 0) is 14.8 Å². The van der Waals surface area contributed by atoms with Gasteiger partial charge < -0.3 is 15.0 Å². The maximum Gasteiger partial charge on any atom is 0.265 e. The number of benzene rings is 2. The molecule has 1 unspecified atom stereocenters. The molecule has 0 bridgehead atoms. The number of carbonyl (C=O) groups is 2. The van der Waals surface area contributed by atoms with E-state index in [2.05, 4.69) is 5.32 Å². The fourth-order valence-electron chi connectivity index (χ4n) is 3.51. The number of amides is 2. The highest BCUT2D eigenvalue weighted by Crippen LogP contribution is 2.33. The van der Waals surface area contributed by atoms with Gasteiger partial charge in [-0.1, -0.05) is 17.7 Å². The highest BCUT2D eigenvalue weighted by atomic mass is 32.2. The van der Waals surface area contributed by atoms with E-state index >= 15 is 0 Å². The molecule has 1 fully saturated rings. The van der Waals surface area contributed by atoms with Gasteiger partial charge in [0.1, 0.15) is 5.75 Å². The SMILES string of the molecule is Cc1ccc(C(=O)N2CCN(S(=O)(=O)c3ccc4c(c3)NC(=O)C(C)O4)CC2)cc1. The molecule has 2 amide bonds. The summed E-state index contributed by atoms with van der Waals surface area (Å²) in [7, 11) is -3.76. The normalized spacial score (nSPS) is 19.6. The largest absolute Gasteiger partial charge is 0.479 e. The van der Waals surface area contributed by atoms with Crippen LogP contribution in [0.4, 0.5) is 5.69 Å². The van der Waals surface area contributed by atoms with Crippen LogP contribution in [-0.4, -0.2) is 61.7 Å². The van der Waals surface area contributed by atoms with Crippen LogP contribution in [0.1, 0.15) is 22.8 Å². The number of aryl methyl sites for hydroxylation is 1. The fourth-order valence-corrected chi connectivity index (χ4v) is 4.96. The molecule has 9 heteroatoms. The number of hydrogen-bond acceptors (Lipinski definition) is 5. The molecular weight excluding hydrogens is 406 g/mol. The van der Waals surface area contributed by atoms with Crippen molar-refractivity contribution in [3.8, 4) is 5.75 Å². The predicted octanol–water partition coefficient (Wildman–Crippen LogP) is 1.86. The van der Waals surface area contributed by atoms with E-state index in [0.29, 0.717) is 30.1 Å². The molecule has 0 spiro atoms. The second kappa shape index (κ2) is 7.73. The molecule has 8 nitrogen and oxygen atoms in total. The maximum atomic E-state index is 13.1. The molecular formula is C21H23N3O5S. The second-order valence-electron chi connectivity index (χ2n) is 7.47. The average molecular weight is 429 g/mol. The van der Waals surface area contributed by atoms with E-state index in [0.717, 1.165) is 5.56 Å². The number of ether oxygens (including phenoxy) is 1. The number of fused-ring (bicyclic) bond motifs is 1. The summed E-state index contributed by atoms with van der Waals surface area (Å²) in [6.45, 7) is 4.62. The van der Waals surface area contributed by atoms with Crippen molar-refractivity contribution in [2.75, 3.05) is 31.5 Å². The summed E-state index contributed by atoms with van der Waals surface area (Å²) in [5.41, 5.74) is 2.01. The summed E-state index contributed by atoms with van der Waals surface area (Å²) < 4.78 is 33.0. The van der Waals surface area contributed by atoms with Gasteiger partial charge in [0, 0.05) is 31.7 Å². The van der Waals surface area contributed by atoms with Crippen LogP contribution in [0.25, 0.3) is 0 Å². The van der Waals surface area contributed by atoms with Crippen molar-refractivity contribution < 1.29 is 22.7 Å². The first-order chi connectivity index (χ1) is 14.3. The van der Waals surface area contributed by atoms with Gasteiger partial charge in [-0.05, 0) is 44.2 Å². The lowest BCUT2D eigenvalue weighted by Crippen LogP contribution is -2.50. The number of nitrogens with one attached hydrogen (secondary N) is 1. The molecule has 2 aromatic rings. The summed E-state index contributed by atoms with van der Waals surface area (Å²) in [6, 6.07) is 11.8. The lowest BCUT2D eigenvalue weighted by Gasteiger charge is -2.34. The van der Waals surface area contributed by atoms with Crippen molar-refractivity contribution in [2.24, 2.45) is 0 Å². The Morgan fingerprint density at radius 1 is 1.07 bits per heavy atom. The monoisotopic (exact) mass is 429 g/mol. The van der Waals surface area contributed by atoms with Crippen LogP contribution in [0.3, 0.4) is 0 Å². The minimum Gasteiger partial charge on any atom is -0.479 e. The summed E-state index contributed by atoms with van der Waals surface area (Å²) in [6.07, 6.45) is -0.626. The van der Waals surface area contributed by atoms with E-state index in [1.807, 2.05) is 19.1 Å². The Kier molecular flexibility index (Phi) is 5.25. The first-order valence-corrected chi connectivity index (χ1v) is 11.2. The smallest absolute Gasteiger partial charge is 0.265 e. The van der Waals surface area contributed by atoms with Crippen molar-refractivity contribution in [1.82, 2.24) is 9.21 Å². The standard InChI is InChI=1S/C21H23N3O5S/c1-14-3-5-16(6-4-14)21(26)23-9-11-24(12-10-23)30(27,28)17-7-8-19-18(13-17)22-20(25)15(2)29-19/h3-8,13,15H,9-12H2,1-2H3,(H,22,25). The molecule has 2 aliphatic rings. The first kappa shape index (κ1) is 20.4. The number of nitrogens with zero attached hydrogens (tertiary/aromatic N) is 2. The van der Waals surface area contributed by atoms with Crippen LogP contribution in [0.15, 0.2) is 47.4 Å². The van der Waals surface area contributed by atoms with Crippen LogP contribution in [0.2, 0.25) is 0 Å². The molecule has 0 aromatic heterocycles. The minimum absolute atomic E-state index is 0.0815. The summed E-state index contributed by atoms with van der Waals surface area (Å²) in [4.78, 5) is 26.2. The van der Waals surface area contributed by atoms with Gasteiger partial charge in [-0.25, -0.2) is 8.42 Å². The van der Waals surface area contributed by atoms with Crippen LogP contribution in [0, 0.1) is 6.92 Å².